The largest absolute Gasteiger partial charge is 0.433 e. The van der Waals surface area contributed by atoms with Crippen LogP contribution in [0.15, 0.2) is 24.5 Å². The molecule has 6 nitrogen and oxygen atoms in total. The third-order valence-corrected chi connectivity index (χ3v) is 4.31. The highest BCUT2D eigenvalue weighted by atomic mass is 19.4. The Morgan fingerprint density at radius 1 is 1.15 bits per heavy atom. The van der Waals surface area contributed by atoms with Crippen LogP contribution < -0.4 is 0 Å². The fraction of sp³-hybridized carbons (Fsp3) is 0.294. The highest BCUT2D eigenvalue weighted by molar-refractivity contribution is 5.93. The van der Waals surface area contributed by atoms with Crippen LogP contribution in [0.3, 0.4) is 0 Å². The van der Waals surface area contributed by atoms with E-state index in [4.69, 9.17) is 0 Å². The van der Waals surface area contributed by atoms with Gasteiger partial charge >= 0.3 is 6.18 Å². The molecule has 0 aliphatic carbocycles. The number of hydrogen-bond donors (Lipinski definition) is 0. The number of fused-ring (bicyclic) bond motifs is 3. The number of halogens is 3. The first-order valence-electron chi connectivity index (χ1n) is 8.06. The van der Waals surface area contributed by atoms with Gasteiger partial charge in [-0.15, -0.1) is 5.10 Å². The van der Waals surface area contributed by atoms with Gasteiger partial charge in [0.1, 0.15) is 5.69 Å². The third-order valence-electron chi connectivity index (χ3n) is 4.31. The monoisotopic (exact) mass is 360 g/mol. The Bertz CT molecular complexity index is 1140. The molecule has 0 spiro atoms. The van der Waals surface area contributed by atoms with Gasteiger partial charge in [-0.3, -0.25) is 4.68 Å². The van der Waals surface area contributed by atoms with Crippen LogP contribution in [0.5, 0.6) is 0 Å². The van der Waals surface area contributed by atoms with Gasteiger partial charge in [0, 0.05) is 24.5 Å². The fourth-order valence-electron chi connectivity index (χ4n) is 3.07. The molecule has 0 bridgehead atoms. The maximum atomic E-state index is 13.1. The van der Waals surface area contributed by atoms with Crippen molar-refractivity contribution < 1.29 is 13.2 Å². The van der Waals surface area contributed by atoms with Gasteiger partial charge in [0.25, 0.3) is 0 Å². The Morgan fingerprint density at radius 3 is 2.58 bits per heavy atom. The van der Waals surface area contributed by atoms with Crippen molar-refractivity contribution in [1.82, 2.24) is 29.4 Å². The predicted molar refractivity (Wildman–Crippen MR) is 89.7 cm³/mol. The summed E-state index contributed by atoms with van der Waals surface area (Å²) in [7, 11) is 0. The van der Waals surface area contributed by atoms with Crippen molar-refractivity contribution in [3.63, 3.8) is 0 Å². The van der Waals surface area contributed by atoms with E-state index in [1.807, 2.05) is 20.0 Å². The van der Waals surface area contributed by atoms with Gasteiger partial charge in [0.2, 0.25) is 0 Å². The molecule has 0 N–H and O–H groups in total. The van der Waals surface area contributed by atoms with E-state index in [-0.39, 0.29) is 5.65 Å². The molecule has 4 aromatic heterocycles. The summed E-state index contributed by atoms with van der Waals surface area (Å²) >= 11 is 0. The Kier molecular flexibility index (Phi) is 3.50. The van der Waals surface area contributed by atoms with Crippen LogP contribution in [0.25, 0.3) is 27.9 Å². The molecule has 0 saturated carbocycles. The minimum Gasteiger partial charge on any atom is -0.272 e. The lowest BCUT2D eigenvalue weighted by molar-refractivity contribution is -0.141. The number of aromatic nitrogens is 6. The normalized spacial score (nSPS) is 12.4. The van der Waals surface area contributed by atoms with Crippen LogP contribution in [0, 0.1) is 13.8 Å². The predicted octanol–water partition coefficient (Wildman–Crippen LogP) is 3.80. The van der Waals surface area contributed by atoms with Crippen molar-refractivity contribution in [2.45, 2.75) is 33.5 Å². The molecule has 4 aromatic rings. The van der Waals surface area contributed by atoms with Gasteiger partial charge < -0.3 is 0 Å². The van der Waals surface area contributed by atoms with Gasteiger partial charge in [-0.05, 0) is 38.5 Å². The molecule has 0 atom stereocenters. The maximum Gasteiger partial charge on any atom is 0.433 e. The molecule has 0 amide bonds. The van der Waals surface area contributed by atoms with Crippen LogP contribution >= 0.6 is 0 Å². The summed E-state index contributed by atoms with van der Waals surface area (Å²) in [5.74, 6) is 0. The standard InChI is InChI=1S/C17H15F3N6/c1-4-25-8-11(10(3)23-25)12-5-6-21-16-14-9(2)7-13(17(18,19)20)22-15(14)24-26(12)16/h5-8H,4H2,1-3H3. The number of rotatable bonds is 2. The van der Waals surface area contributed by atoms with Crippen LogP contribution in [-0.2, 0) is 12.7 Å². The first-order valence-corrected chi connectivity index (χ1v) is 8.06. The van der Waals surface area contributed by atoms with E-state index in [0.29, 0.717) is 28.8 Å². The molecular formula is C17H15F3N6. The van der Waals surface area contributed by atoms with E-state index < -0.39 is 11.9 Å². The number of hydrogen-bond acceptors (Lipinski definition) is 4. The zero-order valence-corrected chi connectivity index (χ0v) is 14.3. The summed E-state index contributed by atoms with van der Waals surface area (Å²) in [6.45, 7) is 6.18. The molecule has 0 unspecified atom stereocenters. The quantitative estimate of drug-likeness (QED) is 0.546. The lowest BCUT2D eigenvalue weighted by atomic mass is 10.1. The maximum absolute atomic E-state index is 13.1. The molecule has 0 radical (unpaired) electrons. The van der Waals surface area contributed by atoms with Crippen LogP contribution in [0.1, 0.15) is 23.9 Å². The van der Waals surface area contributed by atoms with Crippen LogP contribution in [0.2, 0.25) is 0 Å². The van der Waals surface area contributed by atoms with Crippen molar-refractivity contribution in [2.24, 2.45) is 0 Å². The number of nitrogens with zero attached hydrogens (tertiary/aromatic N) is 6. The van der Waals surface area contributed by atoms with E-state index in [1.165, 1.54) is 4.52 Å². The number of alkyl halides is 3. The Morgan fingerprint density at radius 2 is 1.92 bits per heavy atom. The molecule has 0 saturated heterocycles. The molecule has 134 valence electrons. The van der Waals surface area contributed by atoms with E-state index in [9.17, 15) is 13.2 Å². The van der Waals surface area contributed by atoms with Crippen molar-refractivity contribution in [2.75, 3.05) is 0 Å². The Labute approximate surface area is 146 Å². The topological polar surface area (TPSA) is 60.9 Å². The van der Waals surface area contributed by atoms with Gasteiger partial charge in [-0.1, -0.05) is 0 Å². The van der Waals surface area contributed by atoms with E-state index in [1.54, 1.807) is 23.9 Å². The molecule has 4 heterocycles. The van der Waals surface area contributed by atoms with Crippen molar-refractivity contribution in [3.05, 3.63) is 41.5 Å². The molecule has 0 fully saturated rings. The summed E-state index contributed by atoms with van der Waals surface area (Å²) in [6, 6.07) is 2.79. The average molecular weight is 360 g/mol. The van der Waals surface area contributed by atoms with E-state index in [2.05, 4.69) is 20.2 Å². The summed E-state index contributed by atoms with van der Waals surface area (Å²) in [6.07, 6.45) is -1.02. The lowest BCUT2D eigenvalue weighted by Gasteiger charge is -2.06. The minimum absolute atomic E-state index is 0.0258. The first kappa shape index (κ1) is 16.5. The second kappa shape index (κ2) is 5.52. The summed E-state index contributed by atoms with van der Waals surface area (Å²) in [4.78, 5) is 8.02. The highest BCUT2D eigenvalue weighted by Crippen LogP contribution is 2.32. The Balaban J connectivity index is 2.04. The summed E-state index contributed by atoms with van der Waals surface area (Å²) in [5.41, 5.74) is 2.33. The van der Waals surface area contributed by atoms with Gasteiger partial charge in [0.15, 0.2) is 11.3 Å². The highest BCUT2D eigenvalue weighted by Gasteiger charge is 2.34. The Hall–Kier alpha value is -2.97. The van der Waals surface area contributed by atoms with Gasteiger partial charge in [-0.2, -0.15) is 18.3 Å². The minimum atomic E-state index is -4.52. The second-order valence-electron chi connectivity index (χ2n) is 6.07. The fourth-order valence-corrected chi connectivity index (χ4v) is 3.07. The molecular weight excluding hydrogens is 345 g/mol. The van der Waals surface area contributed by atoms with Gasteiger partial charge in [0.05, 0.1) is 16.8 Å². The van der Waals surface area contributed by atoms with E-state index in [0.717, 1.165) is 17.3 Å². The zero-order valence-electron chi connectivity index (χ0n) is 14.3. The SMILES string of the molecule is CCn1cc(-c2ccnc3c4c(C)cc(C(F)(F)F)nc4nn23)c(C)n1. The molecule has 0 aromatic carbocycles. The first-order chi connectivity index (χ1) is 12.3. The smallest absolute Gasteiger partial charge is 0.272 e. The number of aryl methyl sites for hydroxylation is 3. The van der Waals surface area contributed by atoms with Crippen molar-refractivity contribution in [1.29, 1.82) is 0 Å². The van der Waals surface area contributed by atoms with Crippen molar-refractivity contribution >= 4 is 16.7 Å². The number of pyridine rings is 1. The summed E-state index contributed by atoms with van der Waals surface area (Å²) < 4.78 is 42.5. The lowest BCUT2D eigenvalue weighted by Crippen LogP contribution is -2.08. The molecule has 9 heteroatoms. The zero-order chi connectivity index (χ0) is 18.6. The molecule has 4 rings (SSSR count). The van der Waals surface area contributed by atoms with Crippen molar-refractivity contribution in [3.8, 4) is 11.3 Å². The molecule has 0 aliphatic heterocycles. The average Bonchev–Trinajstić information content (AvgIpc) is 3.14. The summed E-state index contributed by atoms with van der Waals surface area (Å²) in [5, 5.41) is 9.24. The van der Waals surface area contributed by atoms with Gasteiger partial charge in [-0.25, -0.2) is 14.5 Å². The van der Waals surface area contributed by atoms with Crippen LogP contribution in [-0.4, -0.2) is 29.4 Å². The second-order valence-corrected chi connectivity index (χ2v) is 6.07. The molecule has 0 aliphatic rings. The molecule has 26 heavy (non-hydrogen) atoms. The van der Waals surface area contributed by atoms with Crippen LogP contribution in [0.4, 0.5) is 13.2 Å². The third kappa shape index (κ3) is 2.42. The van der Waals surface area contributed by atoms with E-state index >= 15 is 0 Å².